The van der Waals surface area contributed by atoms with E-state index in [1.807, 2.05) is 6.20 Å². The third kappa shape index (κ3) is 3.18. The standard InChI is InChI=1S/C24H36N4O2/c1-15(29)27-24-11-16-8-17(12-24)10-23(9-16,14-24)21(30)26-19-6-5-7-20-18(19)13-25-28(20)22(2,3)4/h13,16-17,19H,5-12,14H2,1-4H3,(H,26,30)(H,27,29)/t16-,17-,19-,23?,24?/m1/s1. The number of carbonyl (C=O) groups is 2. The molecule has 0 unspecified atom stereocenters. The average Bonchev–Trinajstić information content (AvgIpc) is 3.04. The van der Waals surface area contributed by atoms with Crippen LogP contribution in [0.15, 0.2) is 6.20 Å². The first-order valence-corrected chi connectivity index (χ1v) is 11.8. The van der Waals surface area contributed by atoms with E-state index >= 15 is 0 Å². The fraction of sp³-hybridized carbons (Fsp3) is 0.792. The lowest BCUT2D eigenvalue weighted by molar-refractivity contribution is -0.153. The Balaban J connectivity index is 1.39. The number of rotatable bonds is 3. The van der Waals surface area contributed by atoms with Crippen LogP contribution in [-0.4, -0.2) is 27.1 Å². The molecule has 4 bridgehead atoms. The van der Waals surface area contributed by atoms with Crippen LogP contribution in [-0.2, 0) is 21.5 Å². The van der Waals surface area contributed by atoms with Gasteiger partial charge in [-0.25, -0.2) is 0 Å². The zero-order chi connectivity index (χ0) is 21.3. The van der Waals surface area contributed by atoms with E-state index in [9.17, 15) is 9.59 Å². The largest absolute Gasteiger partial charge is 0.351 e. The van der Waals surface area contributed by atoms with Crippen LogP contribution in [0, 0.1) is 17.3 Å². The average molecular weight is 413 g/mol. The summed E-state index contributed by atoms with van der Waals surface area (Å²) in [7, 11) is 0. The van der Waals surface area contributed by atoms with Crippen molar-refractivity contribution in [3.05, 3.63) is 17.5 Å². The molecule has 164 valence electrons. The van der Waals surface area contributed by atoms with Gasteiger partial charge in [-0.3, -0.25) is 14.3 Å². The number of hydrogen-bond acceptors (Lipinski definition) is 3. The number of amides is 2. The number of carbonyl (C=O) groups excluding carboxylic acids is 2. The summed E-state index contributed by atoms with van der Waals surface area (Å²) >= 11 is 0. The van der Waals surface area contributed by atoms with Crippen molar-refractivity contribution in [1.82, 2.24) is 20.4 Å². The number of nitrogens with zero attached hydrogens (tertiary/aromatic N) is 2. The van der Waals surface area contributed by atoms with E-state index in [0.29, 0.717) is 11.8 Å². The molecule has 4 saturated carbocycles. The lowest BCUT2D eigenvalue weighted by Crippen LogP contribution is -2.65. The molecular weight excluding hydrogens is 376 g/mol. The molecule has 5 aliphatic carbocycles. The predicted molar refractivity (Wildman–Crippen MR) is 115 cm³/mol. The lowest BCUT2D eigenvalue weighted by Gasteiger charge is -2.61. The van der Waals surface area contributed by atoms with Gasteiger partial charge in [-0.1, -0.05) is 0 Å². The topological polar surface area (TPSA) is 76.0 Å². The fourth-order valence-corrected chi connectivity index (χ4v) is 7.64. The summed E-state index contributed by atoms with van der Waals surface area (Å²) in [4.78, 5) is 25.7. The molecule has 6 rings (SSSR count). The summed E-state index contributed by atoms with van der Waals surface area (Å²) in [6.45, 7) is 8.15. The molecule has 2 amide bonds. The molecule has 1 aromatic rings. The van der Waals surface area contributed by atoms with Crippen LogP contribution in [0.2, 0.25) is 0 Å². The number of hydrogen-bond donors (Lipinski definition) is 2. The summed E-state index contributed by atoms with van der Waals surface area (Å²) in [5.41, 5.74) is 1.95. The monoisotopic (exact) mass is 412 g/mol. The van der Waals surface area contributed by atoms with Crippen molar-refractivity contribution in [2.45, 2.75) is 103 Å². The molecule has 1 aromatic heterocycles. The van der Waals surface area contributed by atoms with Crippen molar-refractivity contribution in [3.8, 4) is 0 Å². The van der Waals surface area contributed by atoms with Gasteiger partial charge < -0.3 is 10.6 Å². The Morgan fingerprint density at radius 2 is 1.87 bits per heavy atom. The van der Waals surface area contributed by atoms with Gasteiger partial charge in [0, 0.05) is 23.7 Å². The van der Waals surface area contributed by atoms with E-state index in [-0.39, 0.29) is 34.3 Å². The molecule has 1 heterocycles. The van der Waals surface area contributed by atoms with Crippen molar-refractivity contribution < 1.29 is 9.59 Å². The maximum absolute atomic E-state index is 13.8. The summed E-state index contributed by atoms with van der Waals surface area (Å²) in [6, 6.07) is 0.0575. The van der Waals surface area contributed by atoms with Gasteiger partial charge in [0.05, 0.1) is 23.2 Å². The molecule has 3 atom stereocenters. The van der Waals surface area contributed by atoms with Crippen LogP contribution in [0.4, 0.5) is 0 Å². The SMILES string of the molecule is CC(=O)NC12C[C@@H]3C[C@@H](C1)CC(C(=O)N[C@@H]1CCCc4c1cnn4C(C)(C)C)(C3)C2. The Bertz CT molecular complexity index is 866. The van der Waals surface area contributed by atoms with E-state index in [2.05, 4.69) is 41.2 Å². The van der Waals surface area contributed by atoms with Crippen LogP contribution >= 0.6 is 0 Å². The maximum Gasteiger partial charge on any atom is 0.226 e. The first kappa shape index (κ1) is 20.1. The van der Waals surface area contributed by atoms with E-state index in [0.717, 1.165) is 51.4 Å². The molecule has 5 aliphatic rings. The summed E-state index contributed by atoms with van der Waals surface area (Å²) in [5.74, 6) is 1.38. The molecule has 4 fully saturated rings. The van der Waals surface area contributed by atoms with Crippen molar-refractivity contribution in [1.29, 1.82) is 0 Å². The lowest BCUT2D eigenvalue weighted by atomic mass is 9.46. The fourth-order valence-electron chi connectivity index (χ4n) is 7.64. The minimum absolute atomic E-state index is 0.0408. The van der Waals surface area contributed by atoms with Crippen molar-refractivity contribution in [2.24, 2.45) is 17.3 Å². The van der Waals surface area contributed by atoms with E-state index in [1.165, 1.54) is 17.7 Å². The Morgan fingerprint density at radius 1 is 1.17 bits per heavy atom. The van der Waals surface area contributed by atoms with Crippen molar-refractivity contribution in [3.63, 3.8) is 0 Å². The van der Waals surface area contributed by atoms with Gasteiger partial charge in [-0.05, 0) is 90.4 Å². The highest BCUT2D eigenvalue weighted by Crippen LogP contribution is 2.61. The molecule has 0 saturated heterocycles. The number of fused-ring (bicyclic) bond motifs is 1. The molecule has 0 aromatic carbocycles. The van der Waals surface area contributed by atoms with Crippen LogP contribution in [0.25, 0.3) is 0 Å². The van der Waals surface area contributed by atoms with Gasteiger partial charge in [-0.15, -0.1) is 0 Å². The predicted octanol–water partition coefficient (Wildman–Crippen LogP) is 3.61. The second kappa shape index (κ2) is 6.57. The molecule has 30 heavy (non-hydrogen) atoms. The highest BCUT2D eigenvalue weighted by Gasteiger charge is 2.61. The molecule has 6 nitrogen and oxygen atoms in total. The molecule has 2 N–H and O–H groups in total. The molecule has 6 heteroatoms. The van der Waals surface area contributed by atoms with Crippen molar-refractivity contribution >= 4 is 11.8 Å². The van der Waals surface area contributed by atoms with Gasteiger partial charge in [0.15, 0.2) is 0 Å². The third-order valence-corrected chi connectivity index (χ3v) is 8.11. The van der Waals surface area contributed by atoms with Gasteiger partial charge >= 0.3 is 0 Å². The molecule has 0 aliphatic heterocycles. The van der Waals surface area contributed by atoms with E-state index in [1.54, 1.807) is 6.92 Å². The second-order valence-corrected chi connectivity index (χ2v) is 11.8. The second-order valence-electron chi connectivity index (χ2n) is 11.8. The van der Waals surface area contributed by atoms with Gasteiger partial charge in [-0.2, -0.15) is 5.10 Å². The zero-order valence-corrected chi connectivity index (χ0v) is 18.9. The highest BCUT2D eigenvalue weighted by molar-refractivity contribution is 5.84. The minimum Gasteiger partial charge on any atom is -0.351 e. The van der Waals surface area contributed by atoms with Crippen LogP contribution < -0.4 is 10.6 Å². The summed E-state index contributed by atoms with van der Waals surface area (Å²) < 4.78 is 2.14. The van der Waals surface area contributed by atoms with Gasteiger partial charge in [0.1, 0.15) is 0 Å². The normalized spacial score (nSPS) is 37.0. The summed E-state index contributed by atoms with van der Waals surface area (Å²) in [5, 5.41) is 11.4. The highest BCUT2D eigenvalue weighted by atomic mass is 16.2. The van der Waals surface area contributed by atoms with Crippen LogP contribution in [0.5, 0.6) is 0 Å². The Morgan fingerprint density at radius 3 is 2.50 bits per heavy atom. The quantitative estimate of drug-likeness (QED) is 0.796. The molecule has 0 radical (unpaired) electrons. The van der Waals surface area contributed by atoms with Gasteiger partial charge in [0.2, 0.25) is 11.8 Å². The molecule has 0 spiro atoms. The van der Waals surface area contributed by atoms with E-state index < -0.39 is 0 Å². The van der Waals surface area contributed by atoms with E-state index in [4.69, 9.17) is 0 Å². The van der Waals surface area contributed by atoms with Gasteiger partial charge in [0.25, 0.3) is 0 Å². The Kier molecular flexibility index (Phi) is 4.40. The first-order valence-electron chi connectivity index (χ1n) is 11.8. The minimum atomic E-state index is -0.315. The molecular formula is C24H36N4O2. The number of aromatic nitrogens is 2. The summed E-state index contributed by atoms with van der Waals surface area (Å²) in [6.07, 6.45) is 11.1. The van der Waals surface area contributed by atoms with Crippen molar-refractivity contribution in [2.75, 3.05) is 0 Å². The van der Waals surface area contributed by atoms with Crippen LogP contribution in [0.3, 0.4) is 0 Å². The number of nitrogens with one attached hydrogen (secondary N) is 2. The Hall–Kier alpha value is -1.85. The maximum atomic E-state index is 13.8. The van der Waals surface area contributed by atoms with Crippen LogP contribution in [0.1, 0.15) is 96.4 Å². The zero-order valence-electron chi connectivity index (χ0n) is 18.9. The Labute approximate surface area is 179 Å². The smallest absolute Gasteiger partial charge is 0.226 e. The first-order chi connectivity index (χ1) is 14.1. The third-order valence-electron chi connectivity index (χ3n) is 8.11.